The predicted octanol–water partition coefficient (Wildman–Crippen LogP) is 2.33. The summed E-state index contributed by atoms with van der Waals surface area (Å²) < 4.78 is 27.3. The molecule has 0 amide bonds. The molecule has 1 saturated heterocycles. The number of thiophene rings is 1. The predicted molar refractivity (Wildman–Crippen MR) is 78.7 cm³/mol. The molecule has 1 aromatic heterocycles. The van der Waals surface area contributed by atoms with Crippen LogP contribution in [0.4, 0.5) is 0 Å². The van der Waals surface area contributed by atoms with E-state index in [1.165, 1.54) is 11.3 Å². The molecule has 2 rings (SSSR count). The minimum atomic E-state index is -3.40. The summed E-state index contributed by atoms with van der Waals surface area (Å²) in [6.45, 7) is 7.58. The summed E-state index contributed by atoms with van der Waals surface area (Å²) in [6, 6.07) is 0. The van der Waals surface area contributed by atoms with Gasteiger partial charge in [0.25, 0.3) is 0 Å². The van der Waals surface area contributed by atoms with Crippen LogP contribution in [-0.2, 0) is 16.6 Å². The number of sulfonamides is 1. The van der Waals surface area contributed by atoms with Crippen LogP contribution in [0.5, 0.6) is 0 Å². The Hall–Kier alpha value is -0.430. The molecule has 2 N–H and O–H groups in total. The van der Waals surface area contributed by atoms with Gasteiger partial charge in [-0.3, -0.25) is 0 Å². The van der Waals surface area contributed by atoms with E-state index < -0.39 is 10.0 Å². The van der Waals surface area contributed by atoms with Gasteiger partial charge < -0.3 is 5.73 Å². The zero-order valence-corrected chi connectivity index (χ0v) is 13.4. The first-order chi connectivity index (χ1) is 8.78. The summed E-state index contributed by atoms with van der Waals surface area (Å²) in [5.74, 6) is 0. The molecule has 1 fully saturated rings. The fourth-order valence-corrected chi connectivity index (χ4v) is 6.00. The first-order valence-corrected chi connectivity index (χ1v) is 8.87. The van der Waals surface area contributed by atoms with Crippen LogP contribution in [-0.4, -0.2) is 25.8 Å². The van der Waals surface area contributed by atoms with Crippen LogP contribution in [0.2, 0.25) is 0 Å². The van der Waals surface area contributed by atoms with Crippen LogP contribution in [0.1, 0.15) is 37.1 Å². The SMILES string of the molecule is Cc1csc(CN)c1S(=O)(=O)N1CCCC(C)(C)C1. The lowest BCUT2D eigenvalue weighted by atomic mass is 9.85. The number of nitrogens with zero attached hydrogens (tertiary/aromatic N) is 1. The van der Waals surface area contributed by atoms with Gasteiger partial charge in [0.05, 0.1) is 0 Å². The number of aryl methyl sites for hydroxylation is 1. The average Bonchev–Trinajstić information content (AvgIpc) is 2.69. The van der Waals surface area contributed by atoms with Gasteiger partial charge in [0.1, 0.15) is 4.90 Å². The van der Waals surface area contributed by atoms with Gasteiger partial charge in [-0.05, 0) is 36.1 Å². The minimum Gasteiger partial charge on any atom is -0.326 e. The molecule has 1 aromatic rings. The molecule has 0 bridgehead atoms. The van der Waals surface area contributed by atoms with E-state index in [0.717, 1.165) is 23.3 Å². The van der Waals surface area contributed by atoms with Crippen LogP contribution in [0, 0.1) is 12.3 Å². The topological polar surface area (TPSA) is 63.4 Å². The van der Waals surface area contributed by atoms with E-state index in [4.69, 9.17) is 5.73 Å². The first-order valence-electron chi connectivity index (χ1n) is 6.55. The van der Waals surface area contributed by atoms with E-state index in [0.29, 0.717) is 18.0 Å². The highest BCUT2D eigenvalue weighted by Gasteiger charge is 2.36. The van der Waals surface area contributed by atoms with Gasteiger partial charge in [-0.25, -0.2) is 8.42 Å². The van der Waals surface area contributed by atoms with Crippen molar-refractivity contribution in [1.82, 2.24) is 4.31 Å². The smallest absolute Gasteiger partial charge is 0.244 e. The van der Waals surface area contributed by atoms with Gasteiger partial charge in [0, 0.05) is 24.5 Å². The Kier molecular flexibility index (Phi) is 4.07. The zero-order valence-electron chi connectivity index (χ0n) is 11.8. The Morgan fingerprint density at radius 1 is 1.47 bits per heavy atom. The molecular formula is C13H22N2O2S2. The van der Waals surface area contributed by atoms with Crippen molar-refractivity contribution in [2.75, 3.05) is 13.1 Å². The standard InChI is InChI=1S/C13H22N2O2S2/c1-10-8-18-11(7-14)12(10)19(16,17)15-6-4-5-13(2,3)9-15/h8H,4-7,9,14H2,1-3H3. The van der Waals surface area contributed by atoms with Crippen LogP contribution in [0.25, 0.3) is 0 Å². The molecule has 0 radical (unpaired) electrons. The van der Waals surface area contributed by atoms with Crippen LogP contribution < -0.4 is 5.73 Å². The average molecular weight is 302 g/mol. The van der Waals surface area contributed by atoms with E-state index in [9.17, 15) is 8.42 Å². The van der Waals surface area contributed by atoms with Crippen LogP contribution in [0.15, 0.2) is 10.3 Å². The molecule has 0 saturated carbocycles. The van der Waals surface area contributed by atoms with Gasteiger partial charge in [0.15, 0.2) is 0 Å². The van der Waals surface area contributed by atoms with Crippen molar-refractivity contribution in [2.45, 2.75) is 45.1 Å². The molecule has 0 unspecified atom stereocenters. The molecule has 2 heterocycles. The van der Waals surface area contributed by atoms with Gasteiger partial charge in [-0.2, -0.15) is 4.31 Å². The molecule has 108 valence electrons. The maximum atomic E-state index is 12.8. The molecule has 0 atom stereocenters. The van der Waals surface area contributed by atoms with Crippen LogP contribution in [0.3, 0.4) is 0 Å². The van der Waals surface area contributed by atoms with Crippen molar-refractivity contribution in [2.24, 2.45) is 11.1 Å². The molecule has 1 aliphatic heterocycles. The number of nitrogens with two attached hydrogens (primary N) is 1. The van der Waals surface area contributed by atoms with E-state index in [-0.39, 0.29) is 12.0 Å². The van der Waals surface area contributed by atoms with Gasteiger partial charge in [0.2, 0.25) is 10.0 Å². The third-order valence-corrected chi connectivity index (χ3v) is 6.97. The maximum Gasteiger partial charge on any atom is 0.244 e. The molecule has 4 nitrogen and oxygen atoms in total. The second-order valence-electron chi connectivity index (χ2n) is 5.98. The van der Waals surface area contributed by atoms with Crippen molar-refractivity contribution in [1.29, 1.82) is 0 Å². The Balaban J connectivity index is 2.39. The number of piperidine rings is 1. The Morgan fingerprint density at radius 3 is 2.74 bits per heavy atom. The second-order valence-corrected chi connectivity index (χ2v) is 8.82. The molecule has 0 spiro atoms. The first kappa shape index (κ1) is 15.0. The number of rotatable bonds is 3. The summed E-state index contributed by atoms with van der Waals surface area (Å²) in [6.07, 6.45) is 2.00. The van der Waals surface area contributed by atoms with Gasteiger partial charge in [-0.1, -0.05) is 13.8 Å². The summed E-state index contributed by atoms with van der Waals surface area (Å²) in [5.41, 5.74) is 6.54. The second kappa shape index (κ2) is 5.16. The van der Waals surface area contributed by atoms with E-state index in [2.05, 4.69) is 13.8 Å². The maximum absolute atomic E-state index is 12.8. The Morgan fingerprint density at radius 2 is 2.16 bits per heavy atom. The lowest BCUT2D eigenvalue weighted by molar-refractivity contribution is 0.187. The lowest BCUT2D eigenvalue weighted by Gasteiger charge is -2.37. The monoisotopic (exact) mass is 302 g/mol. The molecule has 0 aliphatic carbocycles. The largest absolute Gasteiger partial charge is 0.326 e. The summed E-state index contributed by atoms with van der Waals surface area (Å²) in [7, 11) is -3.40. The normalized spacial score (nSPS) is 20.6. The summed E-state index contributed by atoms with van der Waals surface area (Å²) >= 11 is 1.44. The van der Waals surface area contributed by atoms with E-state index in [1.54, 1.807) is 4.31 Å². The molecule has 0 aromatic carbocycles. The quantitative estimate of drug-likeness (QED) is 0.932. The molecule has 6 heteroatoms. The lowest BCUT2D eigenvalue weighted by Crippen LogP contribution is -2.43. The van der Waals surface area contributed by atoms with Gasteiger partial charge >= 0.3 is 0 Å². The third-order valence-electron chi connectivity index (χ3n) is 3.64. The molecular weight excluding hydrogens is 280 g/mol. The molecule has 1 aliphatic rings. The van der Waals surface area contributed by atoms with Crippen LogP contribution >= 0.6 is 11.3 Å². The Labute approximate surface area is 119 Å². The highest BCUT2D eigenvalue weighted by molar-refractivity contribution is 7.89. The number of hydrogen-bond donors (Lipinski definition) is 1. The fraction of sp³-hybridized carbons (Fsp3) is 0.692. The fourth-order valence-electron chi connectivity index (χ4n) is 2.68. The Bertz CT molecular complexity index is 561. The van der Waals surface area contributed by atoms with E-state index >= 15 is 0 Å². The summed E-state index contributed by atoms with van der Waals surface area (Å²) in [4.78, 5) is 1.21. The summed E-state index contributed by atoms with van der Waals surface area (Å²) in [5, 5.41) is 1.88. The van der Waals surface area contributed by atoms with Crippen molar-refractivity contribution in [3.8, 4) is 0 Å². The van der Waals surface area contributed by atoms with Crippen molar-refractivity contribution in [3.05, 3.63) is 15.8 Å². The minimum absolute atomic E-state index is 0.0537. The van der Waals surface area contributed by atoms with Gasteiger partial charge in [-0.15, -0.1) is 11.3 Å². The van der Waals surface area contributed by atoms with E-state index in [1.807, 2.05) is 12.3 Å². The van der Waals surface area contributed by atoms with Crippen molar-refractivity contribution in [3.63, 3.8) is 0 Å². The highest BCUT2D eigenvalue weighted by Crippen LogP contribution is 2.35. The zero-order chi connectivity index (χ0) is 14.3. The highest BCUT2D eigenvalue weighted by atomic mass is 32.2. The third kappa shape index (κ3) is 2.86. The molecule has 19 heavy (non-hydrogen) atoms. The van der Waals surface area contributed by atoms with Crippen molar-refractivity contribution >= 4 is 21.4 Å². The van der Waals surface area contributed by atoms with Crippen molar-refractivity contribution < 1.29 is 8.42 Å². The number of hydrogen-bond acceptors (Lipinski definition) is 4.